The second-order valence-corrected chi connectivity index (χ2v) is 10.6. The van der Waals surface area contributed by atoms with Crippen molar-refractivity contribution in [3.05, 3.63) is 68.2 Å². The van der Waals surface area contributed by atoms with Gasteiger partial charge in [0, 0.05) is 30.7 Å². The van der Waals surface area contributed by atoms with Crippen molar-refractivity contribution in [3.8, 4) is 5.75 Å². The third-order valence-electron chi connectivity index (χ3n) is 4.88. The number of non-ortho nitro benzene ring substituents is 2. The highest BCUT2D eigenvalue weighted by Crippen LogP contribution is 2.37. The number of alkyl halides is 3. The zero-order chi connectivity index (χ0) is 31.5. The first-order valence-electron chi connectivity index (χ1n) is 11.3. The first-order chi connectivity index (χ1) is 19.0. The van der Waals surface area contributed by atoms with Crippen LogP contribution in [0.15, 0.2) is 24.3 Å². The maximum atomic E-state index is 11.9. The Balaban J connectivity index is 0.000000607. The van der Waals surface area contributed by atoms with E-state index in [0.29, 0.717) is 33.1 Å². The standard InChI is InChI=1S/C9H14O3.C8H4Cl2F3NO3.C6H2Cl2INO2.CH4/c1-2-12-9(11)7-5-3-4-6-8(7)10;9-5-1-4(14(15)16)2-6(10)7(5)17-3-8(11,12)13;7-4-1-3(10(11)12)2-5(8)6(4)9;/h7H,2-6H2,1H3;1-2H,3H2;1-2H;1H4. The second kappa shape index (κ2) is 18.5. The van der Waals surface area contributed by atoms with E-state index in [1.807, 2.05) is 22.6 Å². The molecule has 234 valence electrons. The number of Topliss-reactive ketones (excluding diaryl/α,β-unsaturated/α-hetero) is 1. The minimum atomic E-state index is -4.55. The third-order valence-corrected chi connectivity index (χ3v) is 7.84. The summed E-state index contributed by atoms with van der Waals surface area (Å²) in [5, 5.41) is 20.6. The fraction of sp³-hybridized carbons (Fsp3) is 0.417. The van der Waals surface area contributed by atoms with Crippen LogP contribution in [0.4, 0.5) is 24.5 Å². The van der Waals surface area contributed by atoms with Crippen LogP contribution < -0.4 is 4.74 Å². The number of halogens is 8. The molecule has 1 aliphatic carbocycles. The Morgan fingerprint density at radius 3 is 1.81 bits per heavy atom. The van der Waals surface area contributed by atoms with Gasteiger partial charge in [0.1, 0.15) is 11.7 Å². The van der Waals surface area contributed by atoms with E-state index in [9.17, 15) is 43.0 Å². The first kappa shape index (κ1) is 39.9. The average Bonchev–Trinajstić information content (AvgIpc) is 2.86. The fourth-order valence-corrected chi connectivity index (χ4v) is 4.44. The quantitative estimate of drug-likeness (QED) is 0.0705. The number of hydrogen-bond donors (Lipinski definition) is 0. The van der Waals surface area contributed by atoms with Crippen molar-refractivity contribution >= 4 is 92.1 Å². The molecule has 0 N–H and O–H groups in total. The average molecular weight is 794 g/mol. The maximum absolute atomic E-state index is 11.9. The van der Waals surface area contributed by atoms with E-state index in [0.717, 1.165) is 25.0 Å². The number of benzene rings is 2. The molecule has 18 heteroatoms. The highest BCUT2D eigenvalue weighted by molar-refractivity contribution is 14.1. The fourth-order valence-electron chi connectivity index (χ4n) is 3.07. The number of carbonyl (C=O) groups is 2. The van der Waals surface area contributed by atoms with E-state index >= 15 is 0 Å². The topological polar surface area (TPSA) is 139 Å². The largest absolute Gasteiger partial charge is 0.481 e. The van der Waals surface area contributed by atoms with Gasteiger partial charge >= 0.3 is 12.1 Å². The van der Waals surface area contributed by atoms with Crippen LogP contribution in [0.3, 0.4) is 0 Å². The van der Waals surface area contributed by atoms with Gasteiger partial charge in [-0.05, 0) is 42.4 Å². The van der Waals surface area contributed by atoms with Crippen molar-refractivity contribution in [1.82, 2.24) is 0 Å². The van der Waals surface area contributed by atoms with Gasteiger partial charge in [-0.3, -0.25) is 29.8 Å². The van der Waals surface area contributed by atoms with Gasteiger partial charge in [0.25, 0.3) is 11.4 Å². The lowest BCUT2D eigenvalue weighted by Gasteiger charge is -2.18. The summed E-state index contributed by atoms with van der Waals surface area (Å²) in [6.07, 6.45) is -1.43. The molecule has 1 unspecified atom stereocenters. The van der Waals surface area contributed by atoms with Gasteiger partial charge in [-0.1, -0.05) is 60.3 Å². The maximum Gasteiger partial charge on any atom is 0.422 e. The monoisotopic (exact) mass is 792 g/mol. The summed E-state index contributed by atoms with van der Waals surface area (Å²) in [4.78, 5) is 41.8. The summed E-state index contributed by atoms with van der Waals surface area (Å²) in [5.41, 5.74) is -0.523. The Labute approximate surface area is 272 Å². The Morgan fingerprint density at radius 2 is 1.43 bits per heavy atom. The molecular weight excluding hydrogens is 770 g/mol. The van der Waals surface area contributed by atoms with Gasteiger partial charge in [0.2, 0.25) is 0 Å². The van der Waals surface area contributed by atoms with Crippen molar-refractivity contribution in [3.63, 3.8) is 0 Å². The number of nitro groups is 2. The summed E-state index contributed by atoms with van der Waals surface area (Å²) in [5.74, 6) is -1.17. The molecule has 0 aromatic heterocycles. The molecule has 0 radical (unpaired) electrons. The number of carbonyl (C=O) groups excluding carboxylic acids is 2. The molecule has 10 nitrogen and oxygen atoms in total. The molecule has 0 heterocycles. The number of esters is 1. The van der Waals surface area contributed by atoms with Crippen LogP contribution in [0, 0.1) is 29.7 Å². The van der Waals surface area contributed by atoms with Gasteiger partial charge in [-0.25, -0.2) is 0 Å². The molecule has 0 spiro atoms. The van der Waals surface area contributed by atoms with Crippen LogP contribution in [0.25, 0.3) is 0 Å². The zero-order valence-electron chi connectivity index (χ0n) is 20.8. The van der Waals surface area contributed by atoms with Crippen LogP contribution in [0.5, 0.6) is 5.75 Å². The van der Waals surface area contributed by atoms with E-state index in [1.165, 1.54) is 12.1 Å². The van der Waals surface area contributed by atoms with Gasteiger partial charge in [0.05, 0.1) is 40.1 Å². The molecule has 1 fully saturated rings. The summed E-state index contributed by atoms with van der Waals surface area (Å²) in [6.45, 7) is 0.540. The van der Waals surface area contributed by atoms with Crippen molar-refractivity contribution in [2.75, 3.05) is 13.2 Å². The van der Waals surface area contributed by atoms with Crippen molar-refractivity contribution in [1.29, 1.82) is 0 Å². The minimum absolute atomic E-state index is 0. The SMILES string of the molecule is C.CCOC(=O)C1CCCCC1=O.O=[N+]([O-])c1cc(Cl)c(I)c(Cl)c1.O=[N+]([O-])c1cc(Cl)c(OCC(F)(F)F)c(Cl)c1. The summed E-state index contributed by atoms with van der Waals surface area (Å²) in [6, 6.07) is 4.27. The van der Waals surface area contributed by atoms with Crippen LogP contribution >= 0.6 is 69.0 Å². The summed E-state index contributed by atoms with van der Waals surface area (Å²) in [7, 11) is 0. The molecule has 3 rings (SSSR count). The lowest BCUT2D eigenvalue weighted by Crippen LogP contribution is -2.28. The van der Waals surface area contributed by atoms with Crippen LogP contribution in [-0.4, -0.2) is 41.0 Å². The second-order valence-electron chi connectivity index (χ2n) is 7.90. The van der Waals surface area contributed by atoms with Crippen LogP contribution in [0.2, 0.25) is 20.1 Å². The molecule has 0 aliphatic heterocycles. The molecule has 1 atom stereocenters. The molecular formula is C24H24Cl4F3IN2O8. The number of ketones is 1. The third kappa shape index (κ3) is 13.4. The molecule has 2 aromatic rings. The summed E-state index contributed by atoms with van der Waals surface area (Å²) < 4.78 is 45.5. The molecule has 0 amide bonds. The van der Waals surface area contributed by atoms with Crippen LogP contribution in [-0.2, 0) is 14.3 Å². The van der Waals surface area contributed by atoms with Gasteiger partial charge < -0.3 is 9.47 Å². The molecule has 0 saturated heterocycles. The molecule has 2 aromatic carbocycles. The number of nitro benzene ring substituents is 2. The van der Waals surface area contributed by atoms with Gasteiger partial charge in [-0.2, -0.15) is 13.2 Å². The predicted molar refractivity (Wildman–Crippen MR) is 161 cm³/mol. The van der Waals surface area contributed by atoms with Crippen LogP contribution in [0.1, 0.15) is 40.0 Å². The number of hydrogen-bond acceptors (Lipinski definition) is 8. The minimum Gasteiger partial charge on any atom is -0.481 e. The predicted octanol–water partition coefficient (Wildman–Crippen LogP) is 9.29. The van der Waals surface area contributed by atoms with E-state index in [4.69, 9.17) is 51.1 Å². The molecule has 1 saturated carbocycles. The summed E-state index contributed by atoms with van der Waals surface area (Å²) >= 11 is 24.3. The van der Waals surface area contributed by atoms with Gasteiger partial charge in [0.15, 0.2) is 12.4 Å². The van der Waals surface area contributed by atoms with E-state index in [2.05, 4.69) is 4.74 Å². The highest BCUT2D eigenvalue weighted by atomic mass is 127. The number of rotatable bonds is 6. The van der Waals surface area contributed by atoms with E-state index in [-0.39, 0.29) is 34.9 Å². The smallest absolute Gasteiger partial charge is 0.422 e. The van der Waals surface area contributed by atoms with Gasteiger partial charge in [-0.15, -0.1) is 0 Å². The Bertz CT molecular complexity index is 1240. The molecule has 42 heavy (non-hydrogen) atoms. The first-order valence-corrected chi connectivity index (χ1v) is 13.9. The molecule has 0 bridgehead atoms. The highest BCUT2D eigenvalue weighted by Gasteiger charge is 2.30. The Kier molecular flexibility index (Phi) is 17.6. The molecule has 1 aliphatic rings. The lowest BCUT2D eigenvalue weighted by atomic mass is 9.88. The number of nitrogens with zero attached hydrogens (tertiary/aromatic N) is 2. The van der Waals surface area contributed by atoms with Crippen molar-refractivity contribution in [2.45, 2.75) is 46.2 Å². The Hall–Kier alpha value is -2.14. The zero-order valence-corrected chi connectivity index (χ0v) is 26.0. The lowest BCUT2D eigenvalue weighted by molar-refractivity contribution is -0.385. The number of ether oxygens (including phenoxy) is 2. The van der Waals surface area contributed by atoms with Crippen molar-refractivity contribution in [2.24, 2.45) is 5.92 Å². The van der Waals surface area contributed by atoms with E-state index < -0.39 is 40.0 Å². The normalized spacial score (nSPS) is 14.2. The Morgan fingerprint density at radius 1 is 0.976 bits per heavy atom. The van der Waals surface area contributed by atoms with Crippen molar-refractivity contribution < 1.29 is 42.1 Å². The van der Waals surface area contributed by atoms with E-state index in [1.54, 1.807) is 6.92 Å².